The molecule has 0 nitrogen and oxygen atoms in total. The molecule has 0 saturated carbocycles. The summed E-state index contributed by atoms with van der Waals surface area (Å²) in [4.78, 5) is 0. The van der Waals surface area contributed by atoms with Gasteiger partial charge in [-0.1, -0.05) is 0 Å². The zero-order chi connectivity index (χ0) is 0. The van der Waals surface area contributed by atoms with E-state index in [1.165, 1.54) is 0 Å². The molecule has 0 atom stereocenters. The second kappa shape index (κ2) is 34.1. The van der Waals surface area contributed by atoms with Gasteiger partial charge in [-0.15, -0.1) is 0 Å². The van der Waals surface area contributed by atoms with Crippen molar-refractivity contribution in [1.29, 1.82) is 0 Å². The average molecular weight is 339 g/mol. The number of rotatable bonds is 0. The molecule has 39 valence electrons. The Kier molecular flexibility index (Phi) is 382. The second-order valence-corrected chi connectivity index (χ2v) is 0. The van der Waals surface area contributed by atoms with Crippen molar-refractivity contribution in [3.05, 3.63) is 0 Å². The first-order valence-electron chi connectivity index (χ1n) is 0. The fourth-order valence-corrected chi connectivity index (χ4v) is 0. The molecule has 0 aromatic heterocycles. The molecule has 0 N–H and O–H groups in total. The van der Waals surface area contributed by atoms with Crippen LogP contribution in [0.25, 0.3) is 0 Å². The van der Waals surface area contributed by atoms with Gasteiger partial charge in [-0.3, -0.25) is 0 Å². The molecule has 0 fully saturated rings. The van der Waals surface area contributed by atoms with E-state index in [1.54, 1.807) is 0 Å². The molecule has 5 heteroatoms. The topological polar surface area (TPSA) is 0 Å². The van der Waals surface area contributed by atoms with Crippen LogP contribution in [0.5, 0.6) is 0 Å². The Morgan fingerprint density at radius 2 is 0.600 bits per heavy atom. The van der Waals surface area contributed by atoms with Gasteiger partial charge in [0.1, 0.15) is 0 Å². The van der Waals surface area contributed by atoms with E-state index in [-0.39, 0.29) is 78.3 Å². The maximum absolute atomic E-state index is 0. The Morgan fingerprint density at radius 3 is 0.600 bits per heavy atom. The largest absolute Gasteiger partial charge is 2.00 e. The summed E-state index contributed by atoms with van der Waals surface area (Å²) >= 11 is 0. The molecule has 1 radical (unpaired) electrons. The first-order valence-corrected chi connectivity index (χ1v) is 0. The summed E-state index contributed by atoms with van der Waals surface area (Å²) in [6.07, 6.45) is 0. The molecular weight excluding hydrogens is 339 g/mol. The molecule has 0 spiro atoms. The van der Waals surface area contributed by atoms with E-state index in [4.69, 9.17) is 0 Å². The summed E-state index contributed by atoms with van der Waals surface area (Å²) in [5, 5.41) is 0. The van der Waals surface area contributed by atoms with Crippen molar-refractivity contribution in [2.45, 2.75) is 0 Å². The van der Waals surface area contributed by atoms with Crippen LogP contribution in [0.2, 0.25) is 0 Å². The SMILES string of the molecule is [Co].[S-2].[S-2].[S-2].[W]. The van der Waals surface area contributed by atoms with Gasteiger partial charge in [-0.2, -0.15) is 0 Å². The minimum absolute atomic E-state index is 0. The van der Waals surface area contributed by atoms with Gasteiger partial charge in [-0.25, -0.2) is 0 Å². The molecule has 0 bridgehead atoms. The summed E-state index contributed by atoms with van der Waals surface area (Å²) in [7, 11) is 0. The van der Waals surface area contributed by atoms with Gasteiger partial charge in [0.15, 0.2) is 0 Å². The van der Waals surface area contributed by atoms with Crippen LogP contribution in [0, 0.1) is 0 Å². The van der Waals surface area contributed by atoms with E-state index in [0.717, 1.165) is 0 Å². The van der Waals surface area contributed by atoms with E-state index in [9.17, 15) is 0 Å². The van der Waals surface area contributed by atoms with Gasteiger partial charge in [-0.05, 0) is 0 Å². The van der Waals surface area contributed by atoms with Crippen LogP contribution in [0.3, 0.4) is 0 Å². The van der Waals surface area contributed by atoms with E-state index in [1.807, 2.05) is 0 Å². The van der Waals surface area contributed by atoms with E-state index in [0.29, 0.717) is 0 Å². The van der Waals surface area contributed by atoms with Crippen molar-refractivity contribution < 1.29 is 37.8 Å². The van der Waals surface area contributed by atoms with Gasteiger partial charge in [0.2, 0.25) is 0 Å². The van der Waals surface area contributed by atoms with E-state index < -0.39 is 0 Å². The van der Waals surface area contributed by atoms with Gasteiger partial charge < -0.3 is 40.5 Å². The summed E-state index contributed by atoms with van der Waals surface area (Å²) in [6.45, 7) is 0. The fourth-order valence-electron chi connectivity index (χ4n) is 0. The molecule has 0 unspecified atom stereocenters. The molecule has 0 aromatic rings. The van der Waals surface area contributed by atoms with Gasteiger partial charge in [0.05, 0.1) is 0 Å². The minimum atomic E-state index is 0. The summed E-state index contributed by atoms with van der Waals surface area (Å²) in [5.74, 6) is 0. The molecule has 5 heavy (non-hydrogen) atoms. The van der Waals surface area contributed by atoms with Crippen molar-refractivity contribution in [2.24, 2.45) is 0 Å². The fraction of sp³-hybridized carbons (Fsp3) is 0. The van der Waals surface area contributed by atoms with Crippen LogP contribution < -0.4 is 0 Å². The van der Waals surface area contributed by atoms with E-state index >= 15 is 0 Å². The van der Waals surface area contributed by atoms with Crippen LogP contribution >= 0.6 is 0 Å². The molecule has 0 aliphatic carbocycles. The smallest absolute Gasteiger partial charge is 0 e. The monoisotopic (exact) mass is 339 g/mol. The van der Waals surface area contributed by atoms with Crippen molar-refractivity contribution in [1.82, 2.24) is 0 Å². The Balaban J connectivity index is 0. The molecular formula is CoS3W-6. The molecule has 0 rings (SSSR count). The third-order valence-corrected chi connectivity index (χ3v) is 0. The Hall–Kier alpha value is 2.24. The first-order chi connectivity index (χ1) is 0. The average Bonchev–Trinajstić information content (AvgIpc) is 0. The maximum atomic E-state index is 0. The standard InChI is InChI=1S/Co.3S.W/q;3*-2;. The minimum Gasteiger partial charge on any atom is -2.00 e. The molecule has 0 aliphatic heterocycles. The van der Waals surface area contributed by atoms with Crippen molar-refractivity contribution in [2.75, 3.05) is 0 Å². The molecule has 0 heterocycles. The van der Waals surface area contributed by atoms with Crippen LogP contribution in [0.4, 0.5) is 0 Å². The molecule has 0 saturated heterocycles. The van der Waals surface area contributed by atoms with Gasteiger partial charge in [0, 0.05) is 37.8 Å². The van der Waals surface area contributed by atoms with Crippen LogP contribution in [-0.4, -0.2) is 0 Å². The third-order valence-electron chi connectivity index (χ3n) is 0. The quantitative estimate of drug-likeness (QED) is 0.583. The molecule has 0 aromatic carbocycles. The first kappa shape index (κ1) is 56.1. The number of hydrogen-bond acceptors (Lipinski definition) is 0. The van der Waals surface area contributed by atoms with Crippen molar-refractivity contribution >= 4 is 40.5 Å². The predicted molar refractivity (Wildman–Crippen MR) is 22.1 cm³/mol. The Labute approximate surface area is 77.7 Å². The van der Waals surface area contributed by atoms with Gasteiger partial charge in [0.25, 0.3) is 0 Å². The van der Waals surface area contributed by atoms with Crippen molar-refractivity contribution in [3.63, 3.8) is 0 Å². The molecule has 0 amide bonds. The maximum Gasteiger partial charge on any atom is 0 e. The normalized spacial score (nSPS) is 0. The van der Waals surface area contributed by atoms with Gasteiger partial charge >= 0.3 is 0 Å². The van der Waals surface area contributed by atoms with Crippen LogP contribution in [0.1, 0.15) is 0 Å². The summed E-state index contributed by atoms with van der Waals surface area (Å²) in [6, 6.07) is 0. The third kappa shape index (κ3) is 22.3. The Bertz CT molecular complexity index is 6.85. The second-order valence-electron chi connectivity index (χ2n) is 0. The Morgan fingerprint density at radius 1 is 0.600 bits per heavy atom. The molecule has 0 aliphatic rings. The zero-order valence-corrected chi connectivity index (χ0v) is 8.39. The predicted octanol–water partition coefficient (Wildman–Crippen LogP) is -0.0122. The summed E-state index contributed by atoms with van der Waals surface area (Å²) < 4.78 is 0. The zero-order valence-electron chi connectivity index (χ0n) is 1.97. The van der Waals surface area contributed by atoms with E-state index in [2.05, 4.69) is 0 Å². The summed E-state index contributed by atoms with van der Waals surface area (Å²) in [5.41, 5.74) is 0. The van der Waals surface area contributed by atoms with Crippen LogP contribution in [-0.2, 0) is 78.3 Å². The van der Waals surface area contributed by atoms with Crippen molar-refractivity contribution in [3.8, 4) is 0 Å². The van der Waals surface area contributed by atoms with Crippen LogP contribution in [0.15, 0.2) is 0 Å². The number of hydrogen-bond donors (Lipinski definition) is 0.